The molecular formula is C18H21N3O5S. The number of methoxy groups -OCH3 is 1. The van der Waals surface area contributed by atoms with Crippen molar-refractivity contribution in [2.24, 2.45) is 0 Å². The van der Waals surface area contributed by atoms with Crippen molar-refractivity contribution in [3.63, 3.8) is 0 Å². The van der Waals surface area contributed by atoms with Gasteiger partial charge in [0.15, 0.2) is 5.82 Å². The highest BCUT2D eigenvalue weighted by molar-refractivity contribution is 8.01. The molecule has 0 aliphatic rings. The number of hydrogen-bond donors (Lipinski definition) is 2. The molecular weight excluding hydrogens is 370 g/mol. The lowest BCUT2D eigenvalue weighted by molar-refractivity contribution is -0.118. The molecule has 2 aromatic rings. The summed E-state index contributed by atoms with van der Waals surface area (Å²) in [4.78, 5) is 35.4. The molecule has 0 bridgehead atoms. The second-order valence-electron chi connectivity index (χ2n) is 5.73. The third kappa shape index (κ3) is 6.45. The first-order chi connectivity index (χ1) is 12.9. The van der Waals surface area contributed by atoms with Crippen LogP contribution in [0.15, 0.2) is 34.9 Å². The van der Waals surface area contributed by atoms with Crippen molar-refractivity contribution in [3.8, 4) is 0 Å². The van der Waals surface area contributed by atoms with Crippen molar-refractivity contribution in [1.82, 2.24) is 10.5 Å². The molecule has 1 atom stereocenters. The Balaban J connectivity index is 1.72. The van der Waals surface area contributed by atoms with E-state index in [2.05, 4.69) is 20.5 Å². The van der Waals surface area contributed by atoms with E-state index in [9.17, 15) is 14.4 Å². The van der Waals surface area contributed by atoms with Gasteiger partial charge in [0.1, 0.15) is 5.76 Å². The second kappa shape index (κ2) is 9.77. The third-order valence-electron chi connectivity index (χ3n) is 3.58. The summed E-state index contributed by atoms with van der Waals surface area (Å²) in [6, 6.07) is 8.39. The van der Waals surface area contributed by atoms with E-state index < -0.39 is 11.2 Å². The van der Waals surface area contributed by atoms with Crippen molar-refractivity contribution >= 4 is 35.4 Å². The maximum atomic E-state index is 12.0. The number of anilines is 1. The van der Waals surface area contributed by atoms with Gasteiger partial charge in [-0.1, -0.05) is 17.3 Å². The Morgan fingerprint density at radius 3 is 2.56 bits per heavy atom. The number of thioether (sulfide) groups is 1. The van der Waals surface area contributed by atoms with E-state index in [1.165, 1.54) is 18.9 Å². The minimum atomic E-state index is -0.424. The molecule has 1 aromatic carbocycles. The van der Waals surface area contributed by atoms with Gasteiger partial charge in [-0.25, -0.2) is 4.79 Å². The van der Waals surface area contributed by atoms with Crippen LogP contribution in [0.3, 0.4) is 0 Å². The number of carbonyl (C=O) groups excluding carboxylic acids is 3. The zero-order valence-corrected chi connectivity index (χ0v) is 16.1. The highest BCUT2D eigenvalue weighted by atomic mass is 32.2. The Hall–Kier alpha value is -2.81. The first-order valence-electron chi connectivity index (χ1n) is 8.18. The first-order valence-corrected chi connectivity index (χ1v) is 9.23. The fraction of sp³-hybridized carbons (Fsp3) is 0.333. The molecule has 27 heavy (non-hydrogen) atoms. The number of nitrogens with one attached hydrogen (secondary N) is 2. The van der Waals surface area contributed by atoms with Gasteiger partial charge in [-0.05, 0) is 31.5 Å². The van der Waals surface area contributed by atoms with Crippen LogP contribution in [-0.4, -0.2) is 41.1 Å². The molecule has 0 unspecified atom stereocenters. The molecule has 0 saturated heterocycles. The zero-order valence-electron chi connectivity index (χ0n) is 15.3. The van der Waals surface area contributed by atoms with E-state index in [4.69, 9.17) is 4.52 Å². The lowest BCUT2D eigenvalue weighted by atomic mass is 10.1. The van der Waals surface area contributed by atoms with Gasteiger partial charge in [-0.2, -0.15) is 0 Å². The van der Waals surface area contributed by atoms with Crippen LogP contribution in [0.2, 0.25) is 0 Å². The zero-order chi connectivity index (χ0) is 19.8. The number of benzene rings is 1. The van der Waals surface area contributed by atoms with Crippen molar-refractivity contribution in [3.05, 3.63) is 47.2 Å². The van der Waals surface area contributed by atoms with Crippen LogP contribution in [0.1, 0.15) is 28.6 Å². The van der Waals surface area contributed by atoms with Crippen molar-refractivity contribution in [2.75, 3.05) is 18.2 Å². The van der Waals surface area contributed by atoms with Crippen LogP contribution in [0.4, 0.5) is 5.82 Å². The minimum Gasteiger partial charge on any atom is -0.465 e. The number of ether oxygens (including phenoxy) is 1. The maximum Gasteiger partial charge on any atom is 0.337 e. The average Bonchev–Trinajstić information content (AvgIpc) is 3.08. The van der Waals surface area contributed by atoms with Gasteiger partial charge < -0.3 is 19.9 Å². The number of esters is 1. The summed E-state index contributed by atoms with van der Waals surface area (Å²) in [6.07, 6.45) is 0. The number of nitrogens with zero attached hydrogens (tertiary/aromatic N) is 1. The van der Waals surface area contributed by atoms with Gasteiger partial charge in [0.25, 0.3) is 0 Å². The summed E-state index contributed by atoms with van der Waals surface area (Å²) in [5.74, 6) is 0.255. The van der Waals surface area contributed by atoms with E-state index in [-0.39, 0.29) is 17.6 Å². The number of aromatic nitrogens is 1. The standard InChI is InChI=1S/C18H21N3O5S/c1-11-8-15(21-26-11)20-17(23)12(2)27-10-16(22)19-9-13-4-6-14(7-5-13)18(24)25-3/h4-8,12H,9-10H2,1-3H3,(H,19,22)(H,20,21,23)/t12-/m0/s1. The molecule has 0 fully saturated rings. The van der Waals surface area contributed by atoms with Gasteiger partial charge >= 0.3 is 5.97 Å². The SMILES string of the molecule is COC(=O)c1ccc(CNC(=O)CS[C@@H](C)C(=O)Nc2cc(C)on2)cc1. The molecule has 2 rings (SSSR count). The smallest absolute Gasteiger partial charge is 0.337 e. The highest BCUT2D eigenvalue weighted by Gasteiger charge is 2.16. The van der Waals surface area contributed by atoms with Gasteiger partial charge in [0.2, 0.25) is 11.8 Å². The quantitative estimate of drug-likeness (QED) is 0.663. The first kappa shape index (κ1) is 20.5. The Labute approximate surface area is 161 Å². The van der Waals surface area contributed by atoms with Gasteiger partial charge in [0.05, 0.1) is 23.7 Å². The topological polar surface area (TPSA) is 111 Å². The van der Waals surface area contributed by atoms with E-state index in [1.54, 1.807) is 44.2 Å². The van der Waals surface area contributed by atoms with Gasteiger partial charge in [0, 0.05) is 12.6 Å². The Bertz CT molecular complexity index is 804. The van der Waals surface area contributed by atoms with Crippen molar-refractivity contribution < 1.29 is 23.6 Å². The normalized spacial score (nSPS) is 11.5. The minimum absolute atomic E-state index is 0.146. The maximum absolute atomic E-state index is 12.0. The third-order valence-corrected chi connectivity index (χ3v) is 4.72. The van der Waals surface area contributed by atoms with Gasteiger partial charge in [-0.15, -0.1) is 11.8 Å². The summed E-state index contributed by atoms with van der Waals surface area (Å²) in [5, 5.41) is 8.67. The van der Waals surface area contributed by atoms with E-state index in [0.717, 1.165) is 5.56 Å². The molecule has 0 aliphatic carbocycles. The fourth-order valence-corrected chi connectivity index (χ4v) is 2.77. The number of hydrogen-bond acceptors (Lipinski definition) is 7. The lowest BCUT2D eigenvalue weighted by Crippen LogP contribution is -2.28. The number of amides is 2. The van der Waals surface area contributed by atoms with Crippen LogP contribution in [-0.2, 0) is 20.9 Å². The summed E-state index contributed by atoms with van der Waals surface area (Å²) >= 11 is 1.22. The van der Waals surface area contributed by atoms with Crippen LogP contribution >= 0.6 is 11.8 Å². The molecule has 2 amide bonds. The molecule has 0 radical (unpaired) electrons. The molecule has 9 heteroatoms. The average molecular weight is 391 g/mol. The largest absolute Gasteiger partial charge is 0.465 e. The van der Waals surface area contributed by atoms with E-state index >= 15 is 0 Å². The summed E-state index contributed by atoms with van der Waals surface area (Å²) in [5.41, 5.74) is 1.30. The second-order valence-corrected chi connectivity index (χ2v) is 7.06. The van der Waals surface area contributed by atoms with Crippen LogP contribution in [0.5, 0.6) is 0 Å². The van der Waals surface area contributed by atoms with Crippen LogP contribution < -0.4 is 10.6 Å². The number of rotatable bonds is 8. The molecule has 1 aromatic heterocycles. The highest BCUT2D eigenvalue weighted by Crippen LogP contribution is 2.14. The van der Waals surface area contributed by atoms with Crippen molar-refractivity contribution in [2.45, 2.75) is 25.6 Å². The monoisotopic (exact) mass is 391 g/mol. The number of aryl methyl sites for hydroxylation is 1. The van der Waals surface area contributed by atoms with E-state index in [0.29, 0.717) is 23.7 Å². The molecule has 0 aliphatic heterocycles. The predicted octanol–water partition coefficient (Wildman–Crippen LogP) is 2.15. The molecule has 144 valence electrons. The van der Waals surface area contributed by atoms with Crippen LogP contribution in [0, 0.1) is 6.92 Å². The molecule has 0 spiro atoms. The Morgan fingerprint density at radius 2 is 1.96 bits per heavy atom. The Kier molecular flexibility index (Phi) is 7.42. The fourth-order valence-electron chi connectivity index (χ4n) is 2.06. The van der Waals surface area contributed by atoms with Crippen molar-refractivity contribution in [1.29, 1.82) is 0 Å². The Morgan fingerprint density at radius 1 is 1.26 bits per heavy atom. The van der Waals surface area contributed by atoms with Crippen LogP contribution in [0.25, 0.3) is 0 Å². The molecule has 8 nitrogen and oxygen atoms in total. The van der Waals surface area contributed by atoms with Gasteiger partial charge in [-0.3, -0.25) is 9.59 Å². The summed E-state index contributed by atoms with van der Waals surface area (Å²) in [7, 11) is 1.32. The predicted molar refractivity (Wildman–Crippen MR) is 101 cm³/mol. The molecule has 2 N–H and O–H groups in total. The number of carbonyl (C=O) groups is 3. The lowest BCUT2D eigenvalue weighted by Gasteiger charge is -2.10. The molecule has 0 saturated carbocycles. The molecule has 1 heterocycles. The summed E-state index contributed by atoms with van der Waals surface area (Å²) < 4.78 is 9.52. The van der Waals surface area contributed by atoms with E-state index in [1.807, 2.05) is 0 Å². The summed E-state index contributed by atoms with van der Waals surface area (Å²) in [6.45, 7) is 3.78.